The zero-order valence-corrected chi connectivity index (χ0v) is 33.1. The van der Waals surface area contributed by atoms with Gasteiger partial charge in [-0.25, -0.2) is 9.59 Å². The molecule has 4 amide bonds. The van der Waals surface area contributed by atoms with Crippen molar-refractivity contribution < 1.29 is 28.8 Å². The third kappa shape index (κ3) is 9.14. The number of benzene rings is 2. The predicted molar refractivity (Wildman–Crippen MR) is 203 cm³/mol. The number of ether oxygens (including phenoxy) is 1. The van der Waals surface area contributed by atoms with Gasteiger partial charge in [0.2, 0.25) is 0 Å². The fourth-order valence-corrected chi connectivity index (χ4v) is 9.75. The molecule has 13 nitrogen and oxygen atoms in total. The molecule has 2 aromatic carbocycles. The van der Waals surface area contributed by atoms with Crippen LogP contribution in [0, 0.1) is 0 Å². The van der Waals surface area contributed by atoms with Gasteiger partial charge in [-0.05, 0) is 93.3 Å². The number of nitrogens with zero attached hydrogens (tertiary/aromatic N) is 6. The summed E-state index contributed by atoms with van der Waals surface area (Å²) in [4.78, 5) is 48.6. The van der Waals surface area contributed by atoms with Gasteiger partial charge in [0.25, 0.3) is 5.91 Å². The lowest BCUT2D eigenvalue weighted by molar-refractivity contribution is -0.142. The Morgan fingerprint density at radius 2 is 1.55 bits per heavy atom. The minimum atomic E-state index is -1.13. The average Bonchev–Trinajstić information content (AvgIpc) is 3.31. The minimum Gasteiger partial charge on any atom is -0.578 e. The Labute approximate surface area is 319 Å². The van der Waals surface area contributed by atoms with Crippen molar-refractivity contribution in [2.75, 3.05) is 78.3 Å². The van der Waals surface area contributed by atoms with Gasteiger partial charge in [-0.2, -0.15) is 0 Å². The molecule has 3 fully saturated rings. The normalized spacial score (nSPS) is 21.2. The van der Waals surface area contributed by atoms with Gasteiger partial charge in [0, 0.05) is 84.1 Å². The molecule has 6 rings (SSSR count). The fourth-order valence-electron chi connectivity index (χ4n) is 7.53. The lowest BCUT2D eigenvalue weighted by Gasteiger charge is -2.43. The van der Waals surface area contributed by atoms with E-state index in [2.05, 4.69) is 42.1 Å². The number of piperidine rings is 2. The molecule has 4 aliphatic rings. The molecule has 3 saturated heterocycles. The van der Waals surface area contributed by atoms with Crippen LogP contribution in [-0.4, -0.2) is 147 Å². The summed E-state index contributed by atoms with van der Waals surface area (Å²) in [5.74, 6) is -0.177. The number of anilines is 1. The third-order valence-electron chi connectivity index (χ3n) is 10.4. The summed E-state index contributed by atoms with van der Waals surface area (Å²) < 4.78 is 23.2. The molecule has 0 radical (unpaired) electrons. The van der Waals surface area contributed by atoms with Gasteiger partial charge in [-0.3, -0.25) is 9.69 Å². The van der Waals surface area contributed by atoms with Crippen molar-refractivity contribution in [3.05, 3.63) is 56.5 Å². The van der Waals surface area contributed by atoms with Crippen LogP contribution >= 0.6 is 31.9 Å². The highest BCUT2D eigenvalue weighted by Gasteiger charge is 2.37. The van der Waals surface area contributed by atoms with E-state index in [1.807, 2.05) is 47.6 Å². The van der Waals surface area contributed by atoms with Crippen LogP contribution in [0.5, 0.6) is 5.75 Å². The molecule has 2 aromatic rings. The number of hydrogen-bond donors (Lipinski definition) is 2. The van der Waals surface area contributed by atoms with E-state index < -0.39 is 23.7 Å². The summed E-state index contributed by atoms with van der Waals surface area (Å²) in [7, 11) is 3.64. The number of hydrogen-bond acceptors (Lipinski definition) is 9. The molecule has 4 heterocycles. The number of aromatic hydroxyl groups is 1. The molecule has 0 aliphatic carbocycles. The standard InChI is InChI=1S/C35H47Br2N7O6S/c1-39(2)51(49)43-19-17-40(18-20-43)26-8-12-41(13-9-26)33(46)31(23-24-21-28(36)32(45)29(37)22-24)50-35(48)42-14-10-27(11-15-42)44-16-7-25-5-3-4-6-30(25)38-34(44)47/h3-6,21-22,26-27,31,45H,7-20,23H2,1-2H3,(H,38,47)/t31-,51?/m1/s1. The topological polar surface area (TPSA) is 135 Å². The summed E-state index contributed by atoms with van der Waals surface area (Å²) in [6.45, 7) is 5.67. The molecule has 0 spiro atoms. The Hall–Kier alpha value is -2.60. The number of likely N-dealkylation sites (tertiary alicyclic amines) is 2. The second kappa shape index (κ2) is 17.0. The number of rotatable bonds is 8. The van der Waals surface area contributed by atoms with Gasteiger partial charge in [-0.1, -0.05) is 18.2 Å². The smallest absolute Gasteiger partial charge is 0.410 e. The molecule has 0 bridgehead atoms. The molecule has 0 aromatic heterocycles. The first kappa shape index (κ1) is 38.1. The Morgan fingerprint density at radius 1 is 0.941 bits per heavy atom. The maximum absolute atomic E-state index is 14.1. The lowest BCUT2D eigenvalue weighted by atomic mass is 10.0. The molecular weight excluding hydrogens is 806 g/mol. The van der Waals surface area contributed by atoms with Crippen LogP contribution in [0.15, 0.2) is 45.3 Å². The number of phenolic OH excluding ortho intramolecular Hbond substituents is 1. The predicted octanol–water partition coefficient (Wildman–Crippen LogP) is 4.27. The summed E-state index contributed by atoms with van der Waals surface area (Å²) in [6, 6.07) is 11.5. The van der Waals surface area contributed by atoms with E-state index in [9.17, 15) is 24.0 Å². The van der Waals surface area contributed by atoms with E-state index >= 15 is 0 Å². The molecule has 4 aliphatic heterocycles. The third-order valence-corrected chi connectivity index (χ3v) is 13.1. The summed E-state index contributed by atoms with van der Waals surface area (Å²) in [5.41, 5.74) is 2.68. The van der Waals surface area contributed by atoms with E-state index in [0.717, 1.165) is 62.3 Å². The number of nitrogens with one attached hydrogen (secondary N) is 1. The SMILES string of the molecule is CN(C)[S+]([O-])N1CCN(C2CCN(C(=O)[C@@H](Cc3cc(Br)c(O)c(Br)c3)OC(=O)N3CCC(N4CCc5ccccc5NC4=O)CC3)CC2)CC1. The summed E-state index contributed by atoms with van der Waals surface area (Å²) in [6.07, 6.45) is 2.16. The van der Waals surface area contributed by atoms with Crippen LogP contribution in [-0.2, 0) is 33.9 Å². The summed E-state index contributed by atoms with van der Waals surface area (Å²) >= 11 is 5.63. The number of phenols is 1. The molecule has 0 saturated carbocycles. The number of piperazine rings is 1. The maximum atomic E-state index is 14.1. The van der Waals surface area contributed by atoms with Crippen molar-refractivity contribution in [2.24, 2.45) is 0 Å². The first-order chi connectivity index (χ1) is 24.5. The first-order valence-corrected chi connectivity index (χ1v) is 20.3. The van der Waals surface area contributed by atoms with Crippen molar-refractivity contribution in [2.45, 2.75) is 56.7 Å². The van der Waals surface area contributed by atoms with Crippen LogP contribution in [0.25, 0.3) is 0 Å². The van der Waals surface area contributed by atoms with Gasteiger partial charge in [0.1, 0.15) is 17.3 Å². The highest BCUT2D eigenvalue weighted by Crippen LogP contribution is 2.34. The van der Waals surface area contributed by atoms with Gasteiger partial charge < -0.3 is 34.4 Å². The Morgan fingerprint density at radius 3 is 2.20 bits per heavy atom. The number of amides is 4. The molecule has 2 atom stereocenters. The molecule has 2 N–H and O–H groups in total. The Bertz CT molecular complexity index is 1540. The van der Waals surface area contributed by atoms with Gasteiger partial charge in [0.15, 0.2) is 6.10 Å². The van der Waals surface area contributed by atoms with Gasteiger partial charge >= 0.3 is 12.1 Å². The fraction of sp³-hybridized carbons (Fsp3) is 0.571. The summed E-state index contributed by atoms with van der Waals surface area (Å²) in [5, 5.41) is 13.3. The zero-order valence-electron chi connectivity index (χ0n) is 29.1. The van der Waals surface area contributed by atoms with Crippen LogP contribution in [0.3, 0.4) is 0 Å². The van der Waals surface area contributed by atoms with Crippen LogP contribution in [0.1, 0.15) is 36.8 Å². The minimum absolute atomic E-state index is 0.00751. The van der Waals surface area contributed by atoms with Gasteiger partial charge in [-0.15, -0.1) is 8.61 Å². The molecule has 1 unspecified atom stereocenters. The van der Waals surface area contributed by atoms with Crippen LogP contribution in [0.2, 0.25) is 0 Å². The quantitative estimate of drug-likeness (QED) is 0.374. The van der Waals surface area contributed by atoms with E-state index in [1.165, 1.54) is 0 Å². The first-order valence-electron chi connectivity index (χ1n) is 17.6. The van der Waals surface area contributed by atoms with Crippen molar-refractivity contribution in [3.63, 3.8) is 0 Å². The number of carbonyl (C=O) groups excluding carboxylic acids is 3. The molecule has 16 heteroatoms. The number of urea groups is 1. The number of carbonyl (C=O) groups is 3. The lowest BCUT2D eigenvalue weighted by Crippen LogP contribution is -2.57. The van der Waals surface area contributed by atoms with Crippen molar-refractivity contribution in [3.8, 4) is 5.75 Å². The number of para-hydroxylation sites is 1. The molecular formula is C35H47Br2N7O6S. The molecule has 51 heavy (non-hydrogen) atoms. The highest BCUT2D eigenvalue weighted by atomic mass is 79.9. The zero-order chi connectivity index (χ0) is 36.2. The Kier molecular flexibility index (Phi) is 12.7. The maximum Gasteiger partial charge on any atom is 0.410 e. The monoisotopic (exact) mass is 851 g/mol. The van der Waals surface area contributed by atoms with Crippen molar-refractivity contribution in [1.29, 1.82) is 0 Å². The van der Waals surface area contributed by atoms with Crippen molar-refractivity contribution in [1.82, 2.24) is 28.2 Å². The van der Waals surface area contributed by atoms with E-state index in [0.29, 0.717) is 60.6 Å². The molecule has 278 valence electrons. The van der Waals surface area contributed by atoms with E-state index in [4.69, 9.17) is 4.74 Å². The van der Waals surface area contributed by atoms with E-state index in [1.54, 1.807) is 26.2 Å². The van der Waals surface area contributed by atoms with Crippen LogP contribution in [0.4, 0.5) is 15.3 Å². The van der Waals surface area contributed by atoms with Crippen LogP contribution < -0.4 is 5.32 Å². The Balaban J connectivity index is 1.06. The van der Waals surface area contributed by atoms with E-state index in [-0.39, 0.29) is 30.2 Å². The second-order valence-electron chi connectivity index (χ2n) is 13.8. The second-order valence-corrected chi connectivity index (χ2v) is 17.2. The van der Waals surface area contributed by atoms with Gasteiger partial charge in [0.05, 0.1) is 22.0 Å². The number of halogens is 2. The largest absolute Gasteiger partial charge is 0.578 e. The van der Waals surface area contributed by atoms with Crippen molar-refractivity contribution >= 4 is 67.1 Å². The number of fused-ring (bicyclic) bond motifs is 1. The highest BCUT2D eigenvalue weighted by molar-refractivity contribution is 9.11. The average molecular weight is 854 g/mol.